The summed E-state index contributed by atoms with van der Waals surface area (Å²) in [6.07, 6.45) is 4.91. The highest BCUT2D eigenvalue weighted by molar-refractivity contribution is 6.45. The van der Waals surface area contributed by atoms with E-state index in [9.17, 15) is 9.59 Å². The number of anilines is 1. The summed E-state index contributed by atoms with van der Waals surface area (Å²) in [4.78, 5) is 26.7. The van der Waals surface area contributed by atoms with E-state index in [0.29, 0.717) is 16.8 Å². The van der Waals surface area contributed by atoms with Gasteiger partial charge >= 0.3 is 0 Å². The minimum Gasteiger partial charge on any atom is -0.382 e. The van der Waals surface area contributed by atoms with Crippen molar-refractivity contribution in [1.29, 1.82) is 10.7 Å². The molecule has 2 amide bonds. The molecule has 8 heteroatoms. The Labute approximate surface area is 144 Å². The number of rotatable bonds is 4. The van der Waals surface area contributed by atoms with Gasteiger partial charge in [-0.15, -0.1) is 0 Å². The molecule has 1 heterocycles. The Morgan fingerprint density at radius 2 is 1.92 bits per heavy atom. The normalized spacial score (nSPS) is 18.0. The van der Waals surface area contributed by atoms with Gasteiger partial charge in [-0.25, -0.2) is 0 Å². The first-order valence-electron chi connectivity index (χ1n) is 8.13. The number of imide groups is 1. The molecule has 0 radical (unpaired) electrons. The van der Waals surface area contributed by atoms with E-state index in [1.54, 1.807) is 18.2 Å². The monoisotopic (exact) mass is 338 g/mol. The van der Waals surface area contributed by atoms with Gasteiger partial charge in [-0.2, -0.15) is 10.4 Å². The molecular formula is C17H18N6O2. The third kappa shape index (κ3) is 3.08. The zero-order valence-corrected chi connectivity index (χ0v) is 13.6. The Hall–Kier alpha value is -3.21. The molecule has 128 valence electrons. The van der Waals surface area contributed by atoms with Crippen LogP contribution in [0, 0.1) is 16.7 Å². The number of fused-ring (bicyclic) bond motifs is 1. The number of carbonyl (C=O) groups is 2. The van der Waals surface area contributed by atoms with Gasteiger partial charge in [-0.1, -0.05) is 19.3 Å². The first-order valence-corrected chi connectivity index (χ1v) is 8.13. The fraction of sp³-hybridized carbons (Fsp3) is 0.353. The van der Waals surface area contributed by atoms with Crippen molar-refractivity contribution in [1.82, 2.24) is 4.90 Å². The topological polar surface area (TPSA) is 135 Å². The van der Waals surface area contributed by atoms with Crippen LogP contribution >= 0.6 is 0 Å². The van der Waals surface area contributed by atoms with Gasteiger partial charge in [0.1, 0.15) is 6.07 Å². The van der Waals surface area contributed by atoms with Crippen LogP contribution in [-0.2, 0) is 0 Å². The maximum Gasteiger partial charge on any atom is 0.261 e. The largest absolute Gasteiger partial charge is 0.382 e. The van der Waals surface area contributed by atoms with E-state index in [-0.39, 0.29) is 23.6 Å². The van der Waals surface area contributed by atoms with Gasteiger partial charge in [0.2, 0.25) is 5.71 Å². The minimum atomic E-state index is -0.453. The van der Waals surface area contributed by atoms with Crippen molar-refractivity contribution < 1.29 is 9.59 Å². The summed E-state index contributed by atoms with van der Waals surface area (Å²) in [5.41, 5.74) is 8.73. The van der Waals surface area contributed by atoms with Crippen LogP contribution < -0.4 is 11.2 Å². The van der Waals surface area contributed by atoms with E-state index in [2.05, 4.69) is 10.5 Å². The zero-order valence-electron chi connectivity index (χ0n) is 13.6. The average Bonchev–Trinajstić information content (AvgIpc) is 2.86. The Kier molecular flexibility index (Phi) is 4.48. The van der Waals surface area contributed by atoms with Gasteiger partial charge in [0.15, 0.2) is 5.84 Å². The number of amides is 2. The molecular weight excluding hydrogens is 320 g/mol. The quantitative estimate of drug-likeness (QED) is 0.333. The van der Waals surface area contributed by atoms with Crippen molar-refractivity contribution >= 4 is 29.0 Å². The molecule has 3 rings (SSSR count). The van der Waals surface area contributed by atoms with Crippen LogP contribution in [0.4, 0.5) is 5.69 Å². The van der Waals surface area contributed by atoms with Gasteiger partial charge in [0.05, 0.1) is 16.8 Å². The molecule has 25 heavy (non-hydrogen) atoms. The highest BCUT2D eigenvalue weighted by Crippen LogP contribution is 2.32. The molecule has 2 aliphatic rings. The van der Waals surface area contributed by atoms with Crippen molar-refractivity contribution in [2.45, 2.75) is 38.1 Å². The average molecular weight is 338 g/mol. The number of nitriles is 1. The highest BCUT2D eigenvalue weighted by atomic mass is 16.2. The van der Waals surface area contributed by atoms with Crippen LogP contribution in [0.5, 0.6) is 0 Å². The summed E-state index contributed by atoms with van der Waals surface area (Å²) in [6, 6.07) is 6.39. The van der Waals surface area contributed by atoms with Gasteiger partial charge in [-0.05, 0) is 31.0 Å². The molecule has 8 nitrogen and oxygen atoms in total. The summed E-state index contributed by atoms with van der Waals surface area (Å²) >= 11 is 0. The summed E-state index contributed by atoms with van der Waals surface area (Å²) < 4.78 is 0. The number of carbonyl (C=O) groups excluding carboxylic acids is 2. The highest BCUT2D eigenvalue weighted by Gasteiger charge is 2.40. The molecule has 0 spiro atoms. The van der Waals surface area contributed by atoms with E-state index in [1.807, 2.05) is 0 Å². The molecule has 0 unspecified atom stereocenters. The summed E-state index contributed by atoms with van der Waals surface area (Å²) in [5, 5.41) is 19.8. The van der Waals surface area contributed by atoms with Crippen molar-refractivity contribution in [3.8, 4) is 6.07 Å². The number of nitrogens with one attached hydrogen (secondary N) is 2. The lowest BCUT2D eigenvalue weighted by Crippen LogP contribution is -2.40. The number of benzene rings is 1. The van der Waals surface area contributed by atoms with Crippen molar-refractivity contribution in [3.05, 3.63) is 29.3 Å². The predicted octanol–water partition coefficient (Wildman–Crippen LogP) is 1.84. The van der Waals surface area contributed by atoms with Gasteiger partial charge < -0.3 is 5.73 Å². The smallest absolute Gasteiger partial charge is 0.261 e. The number of hydrogen-bond acceptors (Lipinski definition) is 6. The summed E-state index contributed by atoms with van der Waals surface area (Å²) in [5.74, 6) is -0.985. The second kappa shape index (κ2) is 6.73. The van der Waals surface area contributed by atoms with Crippen LogP contribution in [0.25, 0.3) is 0 Å². The zero-order chi connectivity index (χ0) is 18.0. The van der Waals surface area contributed by atoms with Crippen molar-refractivity contribution in [3.63, 3.8) is 0 Å². The second-order valence-electron chi connectivity index (χ2n) is 6.13. The molecule has 1 saturated carbocycles. The number of hydrogen-bond donors (Lipinski definition) is 3. The molecule has 1 fully saturated rings. The maximum absolute atomic E-state index is 12.7. The molecule has 0 bridgehead atoms. The van der Waals surface area contributed by atoms with E-state index in [0.717, 1.165) is 32.1 Å². The lowest BCUT2D eigenvalue weighted by Gasteiger charge is -2.29. The van der Waals surface area contributed by atoms with Crippen molar-refractivity contribution in [2.24, 2.45) is 10.8 Å². The minimum absolute atomic E-state index is 0.0292. The fourth-order valence-corrected chi connectivity index (χ4v) is 3.27. The van der Waals surface area contributed by atoms with E-state index < -0.39 is 5.84 Å². The Balaban J connectivity index is 1.84. The third-order valence-electron chi connectivity index (χ3n) is 4.52. The first kappa shape index (κ1) is 16.6. The van der Waals surface area contributed by atoms with E-state index in [4.69, 9.17) is 16.4 Å². The third-order valence-corrected chi connectivity index (χ3v) is 4.52. The number of hydrazone groups is 1. The Bertz CT molecular complexity index is 817. The molecule has 1 aromatic rings. The second-order valence-corrected chi connectivity index (χ2v) is 6.13. The summed E-state index contributed by atoms with van der Waals surface area (Å²) in [6.45, 7) is 0. The number of nitrogens with two attached hydrogens (primary N) is 1. The van der Waals surface area contributed by atoms with E-state index >= 15 is 0 Å². The molecule has 0 saturated heterocycles. The van der Waals surface area contributed by atoms with Crippen molar-refractivity contribution in [2.75, 3.05) is 5.43 Å². The van der Waals surface area contributed by atoms with Crippen LogP contribution in [0.15, 0.2) is 23.3 Å². The van der Waals surface area contributed by atoms with Crippen LogP contribution in [-0.4, -0.2) is 34.3 Å². The first-order chi connectivity index (χ1) is 12.0. The molecule has 1 aromatic carbocycles. The SMILES string of the molecule is N#C/C(=N\Nc1ccc2c(c1)C(=O)N(C1CCCCC1)C2=O)C(=N)N. The van der Waals surface area contributed by atoms with Crippen LogP contribution in [0.3, 0.4) is 0 Å². The lowest BCUT2D eigenvalue weighted by molar-refractivity contribution is 0.0549. The van der Waals surface area contributed by atoms with E-state index in [1.165, 1.54) is 11.0 Å². The number of nitrogens with zero attached hydrogens (tertiary/aromatic N) is 3. The van der Waals surface area contributed by atoms with Gasteiger partial charge in [-0.3, -0.25) is 25.3 Å². The van der Waals surface area contributed by atoms with Crippen LogP contribution in [0.2, 0.25) is 0 Å². The maximum atomic E-state index is 12.7. The molecule has 1 aliphatic heterocycles. The van der Waals surface area contributed by atoms with Crippen LogP contribution in [0.1, 0.15) is 52.8 Å². The molecule has 0 aromatic heterocycles. The standard InChI is InChI=1S/C17H18N6O2/c18-9-14(15(19)20)22-21-10-6-7-12-13(8-10)17(25)23(16(12)24)11-4-2-1-3-5-11/h6-8,11,21H,1-5H2,(H3,19,20)/b22-14+. The Morgan fingerprint density at radius 1 is 1.24 bits per heavy atom. The molecule has 0 atom stereocenters. The van der Waals surface area contributed by atoms with Gasteiger partial charge in [0.25, 0.3) is 11.8 Å². The van der Waals surface area contributed by atoms with Gasteiger partial charge in [0, 0.05) is 6.04 Å². The number of amidine groups is 1. The fourth-order valence-electron chi connectivity index (χ4n) is 3.27. The lowest BCUT2D eigenvalue weighted by atomic mass is 9.94. The predicted molar refractivity (Wildman–Crippen MR) is 92.4 cm³/mol. The Morgan fingerprint density at radius 3 is 2.56 bits per heavy atom. The summed E-state index contributed by atoms with van der Waals surface area (Å²) in [7, 11) is 0. The molecule has 1 aliphatic carbocycles. The molecule has 4 N–H and O–H groups in total.